The summed E-state index contributed by atoms with van der Waals surface area (Å²) in [6.45, 7) is 5.76. The van der Waals surface area contributed by atoms with Crippen molar-refractivity contribution in [3.05, 3.63) is 60.2 Å². The first-order chi connectivity index (χ1) is 13.0. The SMILES string of the molecule is C#CC(C)C(C(=O)OC(NS)c1cccc(Oc2ccccc2)c1)C(C)C. The molecule has 0 spiro atoms. The maximum Gasteiger partial charge on any atom is 0.312 e. The Bertz CT molecular complexity index is 786. The van der Waals surface area contributed by atoms with Crippen molar-refractivity contribution in [3.8, 4) is 23.8 Å². The summed E-state index contributed by atoms with van der Waals surface area (Å²) in [5.41, 5.74) is 0.725. The molecule has 142 valence electrons. The van der Waals surface area contributed by atoms with Crippen LogP contribution in [-0.4, -0.2) is 5.97 Å². The average Bonchev–Trinajstić information content (AvgIpc) is 2.66. The third-order valence-corrected chi connectivity index (χ3v) is 4.52. The lowest BCUT2D eigenvalue weighted by Crippen LogP contribution is -2.31. The van der Waals surface area contributed by atoms with Crippen molar-refractivity contribution in [2.24, 2.45) is 17.8 Å². The van der Waals surface area contributed by atoms with Gasteiger partial charge in [-0.1, -0.05) is 63.9 Å². The lowest BCUT2D eigenvalue weighted by Gasteiger charge is -2.25. The molecule has 0 amide bonds. The van der Waals surface area contributed by atoms with Crippen molar-refractivity contribution in [1.29, 1.82) is 0 Å². The number of hydrogen-bond acceptors (Lipinski definition) is 5. The molecule has 2 aromatic rings. The van der Waals surface area contributed by atoms with Crippen molar-refractivity contribution in [2.45, 2.75) is 27.0 Å². The standard InChI is InChI=1S/C22H25NO3S/c1-5-16(4)20(15(2)3)22(24)26-21(23-27)17-10-9-13-19(14-17)25-18-11-7-6-8-12-18/h1,6-16,20-21,23,27H,2-4H3. The highest BCUT2D eigenvalue weighted by Gasteiger charge is 2.30. The van der Waals surface area contributed by atoms with Gasteiger partial charge in [0.2, 0.25) is 0 Å². The summed E-state index contributed by atoms with van der Waals surface area (Å²) in [5.74, 6) is 3.11. The van der Waals surface area contributed by atoms with E-state index < -0.39 is 6.23 Å². The van der Waals surface area contributed by atoms with Gasteiger partial charge in [0, 0.05) is 11.5 Å². The first-order valence-electron chi connectivity index (χ1n) is 8.85. The molecule has 0 aliphatic carbocycles. The number of ether oxygens (including phenoxy) is 2. The fourth-order valence-corrected chi connectivity index (χ4v) is 3.09. The van der Waals surface area contributed by atoms with E-state index in [-0.39, 0.29) is 23.7 Å². The molecule has 27 heavy (non-hydrogen) atoms. The number of para-hydroxylation sites is 1. The normalized spacial score (nSPS) is 14.1. The van der Waals surface area contributed by atoms with Gasteiger partial charge >= 0.3 is 5.97 Å². The summed E-state index contributed by atoms with van der Waals surface area (Å²) in [6, 6.07) is 16.8. The Morgan fingerprint density at radius 2 is 1.74 bits per heavy atom. The van der Waals surface area contributed by atoms with E-state index >= 15 is 0 Å². The van der Waals surface area contributed by atoms with Gasteiger partial charge in [-0.05, 0) is 30.2 Å². The topological polar surface area (TPSA) is 47.6 Å². The second-order valence-electron chi connectivity index (χ2n) is 6.66. The molecule has 1 N–H and O–H groups in total. The highest BCUT2D eigenvalue weighted by atomic mass is 32.1. The molecule has 3 unspecified atom stereocenters. The smallest absolute Gasteiger partial charge is 0.312 e. The Morgan fingerprint density at radius 3 is 2.33 bits per heavy atom. The van der Waals surface area contributed by atoms with Crippen LogP contribution in [0.2, 0.25) is 0 Å². The predicted octanol–water partition coefficient (Wildman–Crippen LogP) is 5.00. The summed E-state index contributed by atoms with van der Waals surface area (Å²) in [5, 5.41) is 0. The number of esters is 1. The van der Waals surface area contributed by atoms with E-state index in [1.807, 2.05) is 75.4 Å². The van der Waals surface area contributed by atoms with Crippen LogP contribution in [0.5, 0.6) is 11.5 Å². The third-order valence-electron chi connectivity index (χ3n) is 4.28. The zero-order valence-electron chi connectivity index (χ0n) is 15.8. The van der Waals surface area contributed by atoms with Gasteiger partial charge in [-0.2, -0.15) is 0 Å². The number of thiol groups is 1. The molecule has 2 aromatic carbocycles. The Hall–Kier alpha value is -2.42. The molecule has 0 aliphatic heterocycles. The maximum absolute atomic E-state index is 12.7. The van der Waals surface area contributed by atoms with E-state index in [1.54, 1.807) is 0 Å². The predicted molar refractivity (Wildman–Crippen MR) is 110 cm³/mol. The van der Waals surface area contributed by atoms with Crippen LogP contribution >= 0.6 is 12.8 Å². The van der Waals surface area contributed by atoms with Gasteiger partial charge in [-0.3, -0.25) is 4.79 Å². The molecule has 0 aliphatic rings. The van der Waals surface area contributed by atoms with Gasteiger partial charge in [0.1, 0.15) is 11.5 Å². The lowest BCUT2D eigenvalue weighted by atomic mass is 9.85. The average molecular weight is 384 g/mol. The number of carbonyl (C=O) groups excluding carboxylic acids is 1. The molecule has 0 radical (unpaired) electrons. The number of benzene rings is 2. The Kier molecular flexibility index (Phi) is 7.78. The molecule has 0 saturated heterocycles. The molecule has 0 aromatic heterocycles. The molecule has 0 bridgehead atoms. The van der Waals surface area contributed by atoms with Gasteiger partial charge in [0.05, 0.1) is 5.92 Å². The number of carbonyl (C=O) groups is 1. The van der Waals surface area contributed by atoms with E-state index in [9.17, 15) is 4.79 Å². The van der Waals surface area contributed by atoms with Crippen molar-refractivity contribution < 1.29 is 14.3 Å². The summed E-state index contributed by atoms with van der Waals surface area (Å²) < 4.78 is 14.2. The van der Waals surface area contributed by atoms with E-state index in [2.05, 4.69) is 23.5 Å². The third kappa shape index (κ3) is 5.78. The number of hydrogen-bond donors (Lipinski definition) is 2. The summed E-state index contributed by atoms with van der Waals surface area (Å²) >= 11 is 4.12. The van der Waals surface area contributed by atoms with Crippen molar-refractivity contribution in [3.63, 3.8) is 0 Å². The molecule has 3 atom stereocenters. The Morgan fingerprint density at radius 1 is 1.07 bits per heavy atom. The van der Waals surface area contributed by atoms with Gasteiger partial charge < -0.3 is 9.47 Å². The van der Waals surface area contributed by atoms with Crippen LogP contribution in [0.15, 0.2) is 54.6 Å². The van der Waals surface area contributed by atoms with Gasteiger partial charge in [0.25, 0.3) is 0 Å². The quantitative estimate of drug-likeness (QED) is 0.292. The molecule has 2 rings (SSSR count). The minimum Gasteiger partial charge on any atom is -0.457 e. The Balaban J connectivity index is 2.16. The Labute approximate surface area is 166 Å². The van der Waals surface area contributed by atoms with E-state index in [0.29, 0.717) is 5.75 Å². The zero-order chi connectivity index (χ0) is 19.8. The maximum atomic E-state index is 12.7. The number of rotatable bonds is 8. The molecule has 0 heterocycles. The van der Waals surface area contributed by atoms with Crippen LogP contribution in [0, 0.1) is 30.1 Å². The monoisotopic (exact) mass is 383 g/mol. The summed E-state index contributed by atoms with van der Waals surface area (Å²) in [7, 11) is 0. The summed E-state index contributed by atoms with van der Waals surface area (Å²) in [4.78, 5) is 12.7. The largest absolute Gasteiger partial charge is 0.457 e. The van der Waals surface area contributed by atoms with Crippen molar-refractivity contribution in [2.75, 3.05) is 0 Å². The molecular weight excluding hydrogens is 358 g/mol. The second-order valence-corrected chi connectivity index (χ2v) is 6.92. The fraction of sp³-hybridized carbons (Fsp3) is 0.318. The molecule has 0 fully saturated rings. The molecular formula is C22H25NO3S. The number of nitrogens with one attached hydrogen (secondary N) is 1. The lowest BCUT2D eigenvalue weighted by molar-refractivity contribution is -0.158. The van der Waals surface area contributed by atoms with Crippen LogP contribution in [0.25, 0.3) is 0 Å². The van der Waals surface area contributed by atoms with Gasteiger partial charge in [-0.25, -0.2) is 4.72 Å². The zero-order valence-corrected chi connectivity index (χ0v) is 16.6. The van der Waals surface area contributed by atoms with Gasteiger partial charge in [-0.15, -0.1) is 12.3 Å². The fourth-order valence-electron chi connectivity index (χ4n) is 2.89. The van der Waals surface area contributed by atoms with E-state index in [4.69, 9.17) is 15.9 Å². The van der Waals surface area contributed by atoms with Crippen LogP contribution in [0.4, 0.5) is 0 Å². The van der Waals surface area contributed by atoms with Crippen LogP contribution < -0.4 is 9.46 Å². The van der Waals surface area contributed by atoms with Crippen molar-refractivity contribution >= 4 is 18.8 Å². The highest BCUT2D eigenvalue weighted by Crippen LogP contribution is 2.28. The number of terminal acetylenes is 1. The first kappa shape index (κ1) is 20.9. The molecule has 5 heteroatoms. The summed E-state index contributed by atoms with van der Waals surface area (Å²) in [6.07, 6.45) is 4.79. The minimum absolute atomic E-state index is 0.0665. The van der Waals surface area contributed by atoms with Crippen LogP contribution in [0.3, 0.4) is 0 Å². The molecule has 4 nitrogen and oxygen atoms in total. The van der Waals surface area contributed by atoms with Crippen molar-refractivity contribution in [1.82, 2.24) is 4.72 Å². The first-order valence-corrected chi connectivity index (χ1v) is 9.30. The molecule has 0 saturated carbocycles. The second kappa shape index (κ2) is 10.1. The van der Waals surface area contributed by atoms with Crippen LogP contribution in [-0.2, 0) is 9.53 Å². The van der Waals surface area contributed by atoms with E-state index in [0.717, 1.165) is 11.3 Å². The van der Waals surface area contributed by atoms with E-state index in [1.165, 1.54) is 0 Å². The minimum atomic E-state index is -0.716. The van der Waals surface area contributed by atoms with Gasteiger partial charge in [0.15, 0.2) is 6.23 Å². The highest BCUT2D eigenvalue weighted by molar-refractivity contribution is 7.78. The van der Waals surface area contributed by atoms with Crippen LogP contribution in [0.1, 0.15) is 32.6 Å².